The molecule has 0 saturated heterocycles. The number of nitrogens with zero attached hydrogens (tertiary/aromatic N) is 3. The van der Waals surface area contributed by atoms with Crippen LogP contribution >= 0.6 is 23.4 Å². The van der Waals surface area contributed by atoms with E-state index in [0.29, 0.717) is 39.7 Å². The lowest BCUT2D eigenvalue weighted by atomic mass is 10.2. The van der Waals surface area contributed by atoms with E-state index in [1.54, 1.807) is 30.3 Å². The minimum absolute atomic E-state index is 0.152. The van der Waals surface area contributed by atoms with Crippen LogP contribution in [0.4, 0.5) is 10.1 Å². The molecule has 3 aromatic rings. The Kier molecular flexibility index (Phi) is 6.92. The zero-order valence-corrected chi connectivity index (χ0v) is 18.0. The van der Waals surface area contributed by atoms with Crippen LogP contribution in [0.15, 0.2) is 47.6 Å². The number of aromatic nitrogens is 3. The molecule has 29 heavy (non-hydrogen) atoms. The van der Waals surface area contributed by atoms with Gasteiger partial charge < -0.3 is 9.88 Å². The van der Waals surface area contributed by atoms with Gasteiger partial charge in [0.2, 0.25) is 5.91 Å². The Bertz CT molecular complexity index is 1020. The second-order valence-electron chi connectivity index (χ2n) is 7.09. The number of thioether (sulfide) groups is 1. The van der Waals surface area contributed by atoms with E-state index >= 15 is 0 Å². The summed E-state index contributed by atoms with van der Waals surface area (Å²) in [6.45, 7) is 6.65. The first kappa shape index (κ1) is 21.3. The van der Waals surface area contributed by atoms with Crippen LogP contribution < -0.4 is 5.32 Å². The van der Waals surface area contributed by atoms with Crippen LogP contribution in [0, 0.1) is 18.7 Å². The van der Waals surface area contributed by atoms with Gasteiger partial charge in [-0.1, -0.05) is 55.4 Å². The second kappa shape index (κ2) is 9.41. The van der Waals surface area contributed by atoms with Gasteiger partial charge in [0.15, 0.2) is 11.0 Å². The number of hydrogen-bond donors (Lipinski definition) is 1. The molecule has 0 fully saturated rings. The van der Waals surface area contributed by atoms with E-state index in [1.165, 1.54) is 17.8 Å². The maximum atomic E-state index is 14.3. The van der Waals surface area contributed by atoms with Crippen molar-refractivity contribution in [3.63, 3.8) is 0 Å². The van der Waals surface area contributed by atoms with Crippen LogP contribution in [-0.4, -0.2) is 26.4 Å². The molecule has 0 spiro atoms. The number of aryl methyl sites for hydroxylation is 1. The summed E-state index contributed by atoms with van der Waals surface area (Å²) in [6.07, 6.45) is 0. The van der Waals surface area contributed by atoms with Crippen LogP contribution in [0.1, 0.15) is 19.4 Å². The number of halogens is 2. The van der Waals surface area contributed by atoms with E-state index in [2.05, 4.69) is 29.4 Å². The van der Waals surface area contributed by atoms with E-state index in [4.69, 9.17) is 11.6 Å². The molecule has 1 heterocycles. The molecule has 2 aromatic carbocycles. The van der Waals surface area contributed by atoms with Crippen molar-refractivity contribution in [2.24, 2.45) is 5.92 Å². The number of carbonyl (C=O) groups excluding carboxylic acids is 1. The molecule has 0 aliphatic heterocycles. The van der Waals surface area contributed by atoms with Gasteiger partial charge in [-0.2, -0.15) is 0 Å². The lowest BCUT2D eigenvalue weighted by Crippen LogP contribution is -2.16. The van der Waals surface area contributed by atoms with Crippen molar-refractivity contribution in [1.82, 2.24) is 14.8 Å². The van der Waals surface area contributed by atoms with E-state index < -0.39 is 0 Å². The SMILES string of the molecule is Cc1ccc(Cl)cc1NC(=O)CSc1nnc(-c2ccccc2F)n1CC(C)C. The first-order chi connectivity index (χ1) is 13.8. The maximum Gasteiger partial charge on any atom is 0.234 e. The fraction of sp³-hybridized carbons (Fsp3) is 0.286. The van der Waals surface area contributed by atoms with Crippen LogP contribution in [0.25, 0.3) is 11.4 Å². The van der Waals surface area contributed by atoms with Gasteiger partial charge >= 0.3 is 0 Å². The molecule has 1 N–H and O–H groups in total. The van der Waals surface area contributed by atoms with Crippen molar-refractivity contribution in [1.29, 1.82) is 0 Å². The number of hydrogen-bond acceptors (Lipinski definition) is 4. The highest BCUT2D eigenvalue weighted by atomic mass is 35.5. The summed E-state index contributed by atoms with van der Waals surface area (Å²) in [5, 5.41) is 12.4. The molecule has 0 radical (unpaired) electrons. The van der Waals surface area contributed by atoms with Crippen LogP contribution in [0.5, 0.6) is 0 Å². The average Bonchev–Trinajstić information content (AvgIpc) is 3.05. The largest absolute Gasteiger partial charge is 0.325 e. The zero-order chi connectivity index (χ0) is 21.0. The summed E-state index contributed by atoms with van der Waals surface area (Å²) in [5.74, 6) is 0.395. The molecule has 3 rings (SSSR count). The van der Waals surface area contributed by atoms with Gasteiger partial charge in [0.25, 0.3) is 0 Å². The normalized spacial score (nSPS) is 11.1. The van der Waals surface area contributed by atoms with Gasteiger partial charge in [-0.25, -0.2) is 4.39 Å². The van der Waals surface area contributed by atoms with E-state index in [-0.39, 0.29) is 17.5 Å². The van der Waals surface area contributed by atoms with Crippen molar-refractivity contribution >= 4 is 35.0 Å². The molecule has 0 aliphatic rings. The molecule has 0 aliphatic carbocycles. The van der Waals surface area contributed by atoms with Crippen LogP contribution in [0.3, 0.4) is 0 Å². The number of anilines is 1. The smallest absolute Gasteiger partial charge is 0.234 e. The standard InChI is InChI=1S/C21H22ClFN4OS/c1-13(2)11-27-20(16-6-4-5-7-17(16)23)25-26-21(27)29-12-19(28)24-18-10-15(22)9-8-14(18)3/h4-10,13H,11-12H2,1-3H3,(H,24,28). The average molecular weight is 433 g/mol. The van der Waals surface area contributed by atoms with Gasteiger partial charge in [0.1, 0.15) is 5.82 Å². The van der Waals surface area contributed by atoms with Crippen molar-refractivity contribution in [3.05, 3.63) is 58.9 Å². The van der Waals surface area contributed by atoms with Gasteiger partial charge in [-0.05, 0) is 42.7 Å². The van der Waals surface area contributed by atoms with E-state index in [9.17, 15) is 9.18 Å². The molecule has 152 valence electrons. The number of benzene rings is 2. The highest BCUT2D eigenvalue weighted by Gasteiger charge is 2.19. The Hall–Kier alpha value is -2.38. The minimum atomic E-state index is -0.351. The lowest BCUT2D eigenvalue weighted by molar-refractivity contribution is -0.113. The van der Waals surface area contributed by atoms with Crippen LogP contribution in [-0.2, 0) is 11.3 Å². The third kappa shape index (κ3) is 5.36. The minimum Gasteiger partial charge on any atom is -0.325 e. The molecule has 1 aromatic heterocycles. The first-order valence-electron chi connectivity index (χ1n) is 9.22. The predicted molar refractivity (Wildman–Crippen MR) is 116 cm³/mol. The fourth-order valence-electron chi connectivity index (χ4n) is 2.81. The van der Waals surface area contributed by atoms with Gasteiger partial charge in [-0.3, -0.25) is 4.79 Å². The Morgan fingerprint density at radius 1 is 1.24 bits per heavy atom. The molecular weight excluding hydrogens is 411 g/mol. The number of nitrogens with one attached hydrogen (secondary N) is 1. The number of amides is 1. The number of rotatable bonds is 7. The molecule has 5 nitrogen and oxygen atoms in total. The Balaban J connectivity index is 1.77. The molecule has 8 heteroatoms. The van der Waals surface area contributed by atoms with Crippen molar-refractivity contribution in [3.8, 4) is 11.4 Å². The molecule has 1 amide bonds. The maximum absolute atomic E-state index is 14.3. The molecule has 0 bridgehead atoms. The Labute approximate surface area is 178 Å². The summed E-state index contributed by atoms with van der Waals surface area (Å²) in [7, 11) is 0. The third-order valence-electron chi connectivity index (χ3n) is 4.19. The quantitative estimate of drug-likeness (QED) is 0.505. The van der Waals surface area contributed by atoms with E-state index in [0.717, 1.165) is 5.56 Å². The first-order valence-corrected chi connectivity index (χ1v) is 10.6. The topological polar surface area (TPSA) is 59.8 Å². The summed E-state index contributed by atoms with van der Waals surface area (Å²) in [6, 6.07) is 11.8. The zero-order valence-electron chi connectivity index (χ0n) is 16.4. The molecule has 0 saturated carbocycles. The van der Waals surface area contributed by atoms with Crippen molar-refractivity contribution in [2.75, 3.05) is 11.1 Å². The Morgan fingerprint density at radius 3 is 2.72 bits per heavy atom. The van der Waals surface area contributed by atoms with Gasteiger partial charge in [-0.15, -0.1) is 10.2 Å². The van der Waals surface area contributed by atoms with Crippen molar-refractivity contribution < 1.29 is 9.18 Å². The molecular formula is C21H22ClFN4OS. The Morgan fingerprint density at radius 2 is 2.00 bits per heavy atom. The highest BCUT2D eigenvalue weighted by Crippen LogP contribution is 2.27. The highest BCUT2D eigenvalue weighted by molar-refractivity contribution is 7.99. The lowest BCUT2D eigenvalue weighted by Gasteiger charge is -2.13. The number of carbonyl (C=O) groups is 1. The monoisotopic (exact) mass is 432 g/mol. The predicted octanol–water partition coefficient (Wildman–Crippen LogP) is 5.43. The van der Waals surface area contributed by atoms with Crippen LogP contribution in [0.2, 0.25) is 5.02 Å². The summed E-state index contributed by atoms with van der Waals surface area (Å²) >= 11 is 7.28. The summed E-state index contributed by atoms with van der Waals surface area (Å²) < 4.78 is 16.1. The molecule has 0 atom stereocenters. The molecule has 0 unspecified atom stereocenters. The van der Waals surface area contributed by atoms with Gasteiger partial charge in [0, 0.05) is 17.3 Å². The third-order valence-corrected chi connectivity index (χ3v) is 5.39. The summed E-state index contributed by atoms with van der Waals surface area (Å²) in [4.78, 5) is 12.4. The fourth-order valence-corrected chi connectivity index (χ4v) is 3.73. The van der Waals surface area contributed by atoms with E-state index in [1.807, 2.05) is 17.6 Å². The second-order valence-corrected chi connectivity index (χ2v) is 8.47. The van der Waals surface area contributed by atoms with Crippen molar-refractivity contribution in [2.45, 2.75) is 32.5 Å². The summed E-state index contributed by atoms with van der Waals surface area (Å²) in [5.41, 5.74) is 2.00. The van der Waals surface area contributed by atoms with Gasteiger partial charge in [0.05, 0.1) is 11.3 Å².